The zero-order chi connectivity index (χ0) is 42.1. The highest BCUT2D eigenvalue weighted by atomic mass is 16.5. The molecule has 0 atom stereocenters. The highest BCUT2D eigenvalue weighted by Gasteiger charge is 2.43. The Labute approximate surface area is 372 Å². The lowest BCUT2D eigenvalue weighted by Crippen LogP contribution is -2.59. The van der Waals surface area contributed by atoms with Crippen molar-refractivity contribution < 1.29 is 9.47 Å². The van der Waals surface area contributed by atoms with Crippen LogP contribution in [0.15, 0.2) is 231 Å². The Morgan fingerprint density at radius 1 is 0.359 bits per heavy atom. The first-order valence-electron chi connectivity index (χ1n) is 21.8. The van der Waals surface area contributed by atoms with E-state index in [1.54, 1.807) is 0 Å². The van der Waals surface area contributed by atoms with Crippen LogP contribution in [-0.2, 0) is 0 Å². The summed E-state index contributed by atoms with van der Waals surface area (Å²) >= 11 is 0. The molecule has 0 saturated heterocycles. The highest BCUT2D eigenvalue weighted by molar-refractivity contribution is 6.99. The summed E-state index contributed by atoms with van der Waals surface area (Å²) in [6.45, 7) is -0.111. The lowest BCUT2D eigenvalue weighted by molar-refractivity contribution is 0.475. The van der Waals surface area contributed by atoms with E-state index in [9.17, 15) is 0 Å². The summed E-state index contributed by atoms with van der Waals surface area (Å²) in [6, 6.07) is 81.8. The standard InChI is InChI=1S/C58H38BN3O2/c1-6-18-39(19-7-1)60(40-20-8-2-9-21-40)44-32-34-48-52(36-44)62(43-26-14-5-15-27-43)51-29-17-31-54-58(51)59(48)49-38-55-47(37-56(49)64-54)45-33-35-50(46-28-16-30-53(63-55)57(45)46)61(41-22-10-3-11-23-41)42-24-12-4-13-25-42/h1-38H. The molecule has 0 aliphatic carbocycles. The van der Waals surface area contributed by atoms with E-state index in [1.807, 2.05) is 0 Å². The van der Waals surface area contributed by atoms with E-state index in [0.29, 0.717) is 0 Å². The van der Waals surface area contributed by atoms with Gasteiger partial charge in [0.25, 0.3) is 6.71 Å². The molecular weight excluding hydrogens is 781 g/mol. The van der Waals surface area contributed by atoms with Gasteiger partial charge in [0.2, 0.25) is 0 Å². The van der Waals surface area contributed by atoms with Crippen molar-refractivity contribution in [2.45, 2.75) is 0 Å². The number of nitrogens with zero attached hydrogens (tertiary/aromatic N) is 3. The van der Waals surface area contributed by atoms with Crippen molar-refractivity contribution in [1.29, 1.82) is 0 Å². The minimum absolute atomic E-state index is 0.111. The second-order valence-corrected chi connectivity index (χ2v) is 16.5. The number of rotatable bonds is 7. The topological polar surface area (TPSA) is 28.2 Å². The van der Waals surface area contributed by atoms with Crippen LogP contribution >= 0.6 is 0 Å². The van der Waals surface area contributed by atoms with E-state index >= 15 is 0 Å². The van der Waals surface area contributed by atoms with E-state index in [-0.39, 0.29) is 6.71 Å². The summed E-state index contributed by atoms with van der Waals surface area (Å²) in [5.41, 5.74) is 15.4. The first-order valence-corrected chi connectivity index (χ1v) is 21.8. The van der Waals surface area contributed by atoms with Crippen molar-refractivity contribution in [1.82, 2.24) is 0 Å². The summed E-state index contributed by atoms with van der Waals surface area (Å²) in [4.78, 5) is 7.06. The van der Waals surface area contributed by atoms with Gasteiger partial charge in [-0.15, -0.1) is 0 Å². The molecular formula is C58H38BN3O2. The number of para-hydroxylation sites is 5. The van der Waals surface area contributed by atoms with Crippen LogP contribution in [0.4, 0.5) is 51.2 Å². The van der Waals surface area contributed by atoms with Gasteiger partial charge in [0, 0.05) is 61.8 Å². The Morgan fingerprint density at radius 2 is 0.938 bits per heavy atom. The first-order chi connectivity index (χ1) is 31.8. The van der Waals surface area contributed by atoms with Crippen molar-refractivity contribution in [2.24, 2.45) is 0 Å². The van der Waals surface area contributed by atoms with E-state index in [1.165, 1.54) is 5.46 Å². The highest BCUT2D eigenvalue weighted by Crippen LogP contribution is 2.52. The van der Waals surface area contributed by atoms with Gasteiger partial charge < -0.3 is 24.2 Å². The van der Waals surface area contributed by atoms with E-state index in [2.05, 4.69) is 245 Å². The molecule has 64 heavy (non-hydrogen) atoms. The molecule has 3 heterocycles. The molecule has 0 radical (unpaired) electrons. The average Bonchev–Trinajstić information content (AvgIpc) is 3.36. The Bertz CT molecular complexity index is 3330. The van der Waals surface area contributed by atoms with Gasteiger partial charge in [-0.25, -0.2) is 0 Å². The molecule has 0 unspecified atom stereocenters. The molecule has 0 saturated carbocycles. The van der Waals surface area contributed by atoms with Crippen molar-refractivity contribution in [2.75, 3.05) is 14.7 Å². The van der Waals surface area contributed by atoms with Crippen molar-refractivity contribution in [3.63, 3.8) is 0 Å². The first kappa shape index (κ1) is 36.2. The number of fused-ring (bicyclic) bond motifs is 6. The van der Waals surface area contributed by atoms with Gasteiger partial charge in [-0.3, -0.25) is 0 Å². The van der Waals surface area contributed by atoms with Crippen molar-refractivity contribution in [3.8, 4) is 34.1 Å². The van der Waals surface area contributed by atoms with Crippen molar-refractivity contribution >= 4 is 85.1 Å². The molecule has 3 aliphatic rings. The number of benzene rings is 10. The Balaban J connectivity index is 0.989. The number of ether oxygens (including phenoxy) is 2. The average molecular weight is 820 g/mol. The largest absolute Gasteiger partial charge is 0.458 e. The van der Waals surface area contributed by atoms with Gasteiger partial charge in [0.1, 0.15) is 23.0 Å². The summed E-state index contributed by atoms with van der Waals surface area (Å²) in [6.07, 6.45) is 0. The van der Waals surface area contributed by atoms with Gasteiger partial charge in [0.05, 0.1) is 5.69 Å². The molecule has 6 heteroatoms. The maximum absolute atomic E-state index is 7.03. The van der Waals surface area contributed by atoms with Gasteiger partial charge in [0.15, 0.2) is 0 Å². The molecule has 300 valence electrons. The molecule has 0 amide bonds. The van der Waals surface area contributed by atoms with Crippen molar-refractivity contribution in [3.05, 3.63) is 231 Å². The maximum atomic E-state index is 7.03. The number of anilines is 9. The molecule has 0 N–H and O–H groups in total. The zero-order valence-electron chi connectivity index (χ0n) is 34.7. The third-order valence-electron chi connectivity index (χ3n) is 12.8. The SMILES string of the molecule is c1ccc(N(c2ccccc2)c2ccc3c(c2)N(c2ccccc2)c2cccc4c2B3c2cc3c(cc2O4)-c2ccc(N(c4ccccc4)c4ccccc4)c4cccc(c24)O3)cc1. The van der Waals surface area contributed by atoms with Crippen LogP contribution in [-0.4, -0.2) is 6.71 Å². The predicted octanol–water partition coefficient (Wildman–Crippen LogP) is 14.0. The van der Waals surface area contributed by atoms with Crippen LogP contribution in [0.5, 0.6) is 23.0 Å². The van der Waals surface area contributed by atoms with Crippen LogP contribution in [0.3, 0.4) is 0 Å². The van der Waals surface area contributed by atoms with Crippen LogP contribution in [0.25, 0.3) is 21.9 Å². The maximum Gasteiger partial charge on any atom is 0.256 e. The van der Waals surface area contributed by atoms with E-state index < -0.39 is 0 Å². The summed E-state index contributed by atoms with van der Waals surface area (Å²) in [5.74, 6) is 3.36. The summed E-state index contributed by atoms with van der Waals surface area (Å²) < 4.78 is 14.1. The van der Waals surface area contributed by atoms with Gasteiger partial charge in [-0.1, -0.05) is 121 Å². The summed E-state index contributed by atoms with van der Waals surface area (Å²) in [5, 5.41) is 2.19. The van der Waals surface area contributed by atoms with Crippen LogP contribution in [0, 0.1) is 0 Å². The molecule has 0 bridgehead atoms. The monoisotopic (exact) mass is 819 g/mol. The number of hydrogen-bond acceptors (Lipinski definition) is 5. The van der Waals surface area contributed by atoms with E-state index in [4.69, 9.17) is 9.47 Å². The second-order valence-electron chi connectivity index (χ2n) is 16.5. The number of hydrogen-bond donors (Lipinski definition) is 0. The Hall–Kier alpha value is -8.48. The van der Waals surface area contributed by atoms with Gasteiger partial charge in [-0.2, -0.15) is 0 Å². The molecule has 0 spiro atoms. The fourth-order valence-electron chi connectivity index (χ4n) is 10.1. The van der Waals surface area contributed by atoms with Crippen LogP contribution in [0.2, 0.25) is 0 Å². The quantitative estimate of drug-likeness (QED) is 0.149. The predicted molar refractivity (Wildman–Crippen MR) is 265 cm³/mol. The Kier molecular flexibility index (Phi) is 8.24. The normalized spacial score (nSPS) is 12.6. The molecule has 3 aliphatic heterocycles. The third kappa shape index (κ3) is 5.66. The zero-order valence-corrected chi connectivity index (χ0v) is 34.7. The molecule has 10 aromatic rings. The van der Waals surface area contributed by atoms with Gasteiger partial charge >= 0.3 is 0 Å². The fourth-order valence-corrected chi connectivity index (χ4v) is 10.1. The lowest BCUT2D eigenvalue weighted by atomic mass is 9.34. The molecule has 0 fully saturated rings. The minimum Gasteiger partial charge on any atom is -0.458 e. The third-order valence-corrected chi connectivity index (χ3v) is 12.8. The minimum atomic E-state index is -0.111. The Morgan fingerprint density at radius 3 is 1.59 bits per heavy atom. The fraction of sp³-hybridized carbons (Fsp3) is 0. The second kappa shape index (κ2) is 14.6. The molecule has 5 nitrogen and oxygen atoms in total. The molecule has 0 aromatic heterocycles. The van der Waals surface area contributed by atoms with E-state index in [0.717, 1.165) is 107 Å². The van der Waals surface area contributed by atoms with Crippen LogP contribution in [0.1, 0.15) is 0 Å². The molecule has 10 aromatic carbocycles. The van der Waals surface area contributed by atoms with Gasteiger partial charge in [-0.05, 0) is 131 Å². The van der Waals surface area contributed by atoms with Crippen LogP contribution < -0.4 is 40.6 Å². The summed E-state index contributed by atoms with van der Waals surface area (Å²) in [7, 11) is 0. The lowest BCUT2D eigenvalue weighted by Gasteiger charge is -2.41. The molecule has 13 rings (SSSR count). The smallest absolute Gasteiger partial charge is 0.256 e.